The van der Waals surface area contributed by atoms with E-state index in [1.54, 1.807) is 0 Å². The van der Waals surface area contributed by atoms with Crippen LogP contribution in [0.25, 0.3) is 0 Å². The van der Waals surface area contributed by atoms with Crippen molar-refractivity contribution in [1.29, 1.82) is 0 Å². The standard InChI is InChI=1S/C23H32N4O/c1-15-4-3-5-17(8-15)20-12-21(20)26-6-7-28-22-14-25-13-18(22)11-19-9-16(2)10-23(24)27-19/h3-5,8-10,18,20-22,25-26H,6-7,11-14H2,1-2H3,(H2,24,27)/t18-,20?,21?,22+/m1/s1. The summed E-state index contributed by atoms with van der Waals surface area (Å²) in [7, 11) is 0. The number of nitrogen functional groups attached to an aromatic ring is 1. The van der Waals surface area contributed by atoms with Gasteiger partial charge in [0, 0.05) is 43.2 Å². The number of pyridine rings is 1. The average molecular weight is 381 g/mol. The summed E-state index contributed by atoms with van der Waals surface area (Å²) in [6, 6.07) is 13.5. The molecule has 2 heterocycles. The number of nitrogens with one attached hydrogen (secondary N) is 2. The van der Waals surface area contributed by atoms with E-state index in [1.807, 2.05) is 6.07 Å². The number of aryl methyl sites for hydroxylation is 2. The number of rotatable bonds is 8. The van der Waals surface area contributed by atoms with Crippen molar-refractivity contribution >= 4 is 5.82 Å². The molecule has 2 aromatic rings. The number of anilines is 1. The molecule has 1 aromatic heterocycles. The molecule has 5 heteroatoms. The van der Waals surface area contributed by atoms with Crippen molar-refractivity contribution in [2.24, 2.45) is 5.92 Å². The molecule has 4 atom stereocenters. The van der Waals surface area contributed by atoms with E-state index < -0.39 is 0 Å². The first kappa shape index (κ1) is 19.4. The molecule has 0 radical (unpaired) electrons. The van der Waals surface area contributed by atoms with Crippen LogP contribution in [0.2, 0.25) is 0 Å². The minimum Gasteiger partial charge on any atom is -0.384 e. The van der Waals surface area contributed by atoms with Gasteiger partial charge in [-0.3, -0.25) is 0 Å². The SMILES string of the molecule is Cc1cccc(C2CC2NCCO[C@H]2CNC[C@H]2Cc2cc(C)cc(N)n2)c1. The zero-order valence-corrected chi connectivity index (χ0v) is 16.9. The Labute approximate surface area is 168 Å². The van der Waals surface area contributed by atoms with E-state index in [-0.39, 0.29) is 6.10 Å². The maximum absolute atomic E-state index is 6.20. The van der Waals surface area contributed by atoms with Crippen LogP contribution in [-0.2, 0) is 11.2 Å². The Balaban J connectivity index is 1.20. The third kappa shape index (κ3) is 4.90. The third-order valence-corrected chi connectivity index (χ3v) is 5.89. The highest BCUT2D eigenvalue weighted by Gasteiger charge is 2.37. The molecule has 1 saturated heterocycles. The van der Waals surface area contributed by atoms with Gasteiger partial charge in [-0.1, -0.05) is 29.8 Å². The Morgan fingerprint density at radius 3 is 2.89 bits per heavy atom. The van der Waals surface area contributed by atoms with Gasteiger partial charge >= 0.3 is 0 Å². The summed E-state index contributed by atoms with van der Waals surface area (Å²) >= 11 is 0. The van der Waals surface area contributed by atoms with Crippen LogP contribution in [0.4, 0.5) is 5.82 Å². The molecule has 0 spiro atoms. The van der Waals surface area contributed by atoms with Crippen LogP contribution < -0.4 is 16.4 Å². The van der Waals surface area contributed by atoms with E-state index in [4.69, 9.17) is 10.5 Å². The molecule has 28 heavy (non-hydrogen) atoms. The number of hydrogen-bond donors (Lipinski definition) is 3. The van der Waals surface area contributed by atoms with Gasteiger partial charge in [-0.25, -0.2) is 4.98 Å². The van der Waals surface area contributed by atoms with Gasteiger partial charge < -0.3 is 21.1 Å². The van der Waals surface area contributed by atoms with Gasteiger partial charge in [-0.05, 0) is 49.9 Å². The van der Waals surface area contributed by atoms with Crippen LogP contribution >= 0.6 is 0 Å². The average Bonchev–Trinajstić information content (AvgIpc) is 3.29. The molecule has 4 N–H and O–H groups in total. The van der Waals surface area contributed by atoms with Gasteiger partial charge in [-0.15, -0.1) is 0 Å². The molecule has 1 saturated carbocycles. The molecule has 2 unspecified atom stereocenters. The Kier molecular flexibility index (Phi) is 5.95. The predicted octanol–water partition coefficient (Wildman–Crippen LogP) is 2.57. The quantitative estimate of drug-likeness (QED) is 0.614. The molecule has 150 valence electrons. The van der Waals surface area contributed by atoms with Crippen molar-refractivity contribution in [1.82, 2.24) is 15.6 Å². The Morgan fingerprint density at radius 2 is 2.07 bits per heavy atom. The van der Waals surface area contributed by atoms with Crippen LogP contribution in [-0.4, -0.2) is 43.4 Å². The fraction of sp³-hybridized carbons (Fsp3) is 0.522. The fourth-order valence-corrected chi connectivity index (χ4v) is 4.39. The van der Waals surface area contributed by atoms with E-state index in [9.17, 15) is 0 Å². The molecular formula is C23H32N4O. The lowest BCUT2D eigenvalue weighted by Gasteiger charge is -2.19. The van der Waals surface area contributed by atoms with E-state index in [1.165, 1.54) is 23.1 Å². The minimum atomic E-state index is 0.247. The lowest BCUT2D eigenvalue weighted by atomic mass is 9.99. The highest BCUT2D eigenvalue weighted by Crippen LogP contribution is 2.40. The molecule has 2 aliphatic rings. The van der Waals surface area contributed by atoms with Crippen LogP contribution in [0.3, 0.4) is 0 Å². The van der Waals surface area contributed by atoms with E-state index in [0.717, 1.165) is 38.4 Å². The van der Waals surface area contributed by atoms with E-state index in [2.05, 4.69) is 59.8 Å². The predicted molar refractivity (Wildman–Crippen MR) is 114 cm³/mol. The fourth-order valence-electron chi connectivity index (χ4n) is 4.39. The first-order chi connectivity index (χ1) is 13.6. The molecule has 1 aromatic carbocycles. The lowest BCUT2D eigenvalue weighted by molar-refractivity contribution is 0.0394. The molecular weight excluding hydrogens is 348 g/mol. The van der Waals surface area contributed by atoms with Crippen LogP contribution in [0.15, 0.2) is 36.4 Å². The summed E-state index contributed by atoms with van der Waals surface area (Å²) in [6.07, 6.45) is 2.39. The number of nitrogens with zero attached hydrogens (tertiary/aromatic N) is 1. The number of ether oxygens (including phenoxy) is 1. The second-order valence-corrected chi connectivity index (χ2v) is 8.41. The summed E-state index contributed by atoms with van der Waals surface area (Å²) in [5, 5.41) is 7.12. The molecule has 1 aliphatic heterocycles. The smallest absolute Gasteiger partial charge is 0.123 e. The number of nitrogens with two attached hydrogens (primary N) is 1. The zero-order chi connectivity index (χ0) is 19.5. The van der Waals surface area contributed by atoms with Gasteiger partial charge in [0.2, 0.25) is 0 Å². The highest BCUT2D eigenvalue weighted by atomic mass is 16.5. The van der Waals surface area contributed by atoms with Crippen LogP contribution in [0, 0.1) is 19.8 Å². The van der Waals surface area contributed by atoms with E-state index in [0.29, 0.717) is 23.7 Å². The second-order valence-electron chi connectivity index (χ2n) is 8.41. The topological polar surface area (TPSA) is 72.2 Å². The number of aromatic nitrogens is 1. The van der Waals surface area contributed by atoms with Gasteiger partial charge in [0.1, 0.15) is 5.82 Å². The normalized spacial score (nSPS) is 26.5. The number of benzene rings is 1. The Morgan fingerprint density at radius 1 is 1.18 bits per heavy atom. The van der Waals surface area contributed by atoms with Gasteiger partial charge in [0.15, 0.2) is 0 Å². The largest absolute Gasteiger partial charge is 0.384 e. The van der Waals surface area contributed by atoms with Gasteiger partial charge in [-0.2, -0.15) is 0 Å². The van der Waals surface area contributed by atoms with E-state index >= 15 is 0 Å². The lowest BCUT2D eigenvalue weighted by Crippen LogP contribution is -2.30. The maximum Gasteiger partial charge on any atom is 0.123 e. The molecule has 2 fully saturated rings. The van der Waals surface area contributed by atoms with Crippen molar-refractivity contribution in [3.05, 3.63) is 58.8 Å². The maximum atomic E-state index is 6.20. The van der Waals surface area contributed by atoms with Crippen LogP contribution in [0.1, 0.15) is 34.7 Å². The number of hydrogen-bond acceptors (Lipinski definition) is 5. The molecule has 4 rings (SSSR count). The molecule has 5 nitrogen and oxygen atoms in total. The summed E-state index contributed by atoms with van der Waals surface area (Å²) in [4.78, 5) is 4.49. The molecule has 0 bridgehead atoms. The first-order valence-corrected chi connectivity index (χ1v) is 10.4. The minimum absolute atomic E-state index is 0.247. The first-order valence-electron chi connectivity index (χ1n) is 10.4. The molecule has 1 aliphatic carbocycles. The van der Waals surface area contributed by atoms with Crippen LogP contribution in [0.5, 0.6) is 0 Å². The van der Waals surface area contributed by atoms with Crippen molar-refractivity contribution in [3.8, 4) is 0 Å². The molecule has 0 amide bonds. The zero-order valence-electron chi connectivity index (χ0n) is 16.9. The Bertz CT molecular complexity index is 789. The highest BCUT2D eigenvalue weighted by molar-refractivity contribution is 5.34. The van der Waals surface area contributed by atoms with Gasteiger partial charge in [0.25, 0.3) is 0 Å². The van der Waals surface area contributed by atoms with Crippen molar-refractivity contribution < 1.29 is 4.74 Å². The second kappa shape index (κ2) is 8.60. The summed E-state index contributed by atoms with van der Waals surface area (Å²) in [5.41, 5.74) is 10.9. The summed E-state index contributed by atoms with van der Waals surface area (Å²) in [5.74, 6) is 1.73. The van der Waals surface area contributed by atoms with Crippen molar-refractivity contribution in [2.45, 2.75) is 44.8 Å². The summed E-state index contributed by atoms with van der Waals surface area (Å²) < 4.78 is 6.20. The Hall–Kier alpha value is -1.95. The van der Waals surface area contributed by atoms with Crippen molar-refractivity contribution in [3.63, 3.8) is 0 Å². The third-order valence-electron chi connectivity index (χ3n) is 5.89. The van der Waals surface area contributed by atoms with Crippen molar-refractivity contribution in [2.75, 3.05) is 32.0 Å². The monoisotopic (exact) mass is 380 g/mol. The summed E-state index contributed by atoms with van der Waals surface area (Å²) in [6.45, 7) is 7.78. The van der Waals surface area contributed by atoms with Gasteiger partial charge in [0.05, 0.1) is 12.7 Å².